The number of halogens is 2. The Morgan fingerprint density at radius 2 is 1.75 bits per heavy atom. The molecule has 0 aliphatic carbocycles. The molecule has 3 aromatic rings. The van der Waals surface area contributed by atoms with Crippen LogP contribution in [0.4, 0.5) is 11.5 Å². The Morgan fingerprint density at radius 1 is 1.00 bits per heavy atom. The summed E-state index contributed by atoms with van der Waals surface area (Å²) in [6.45, 7) is 1.81. The van der Waals surface area contributed by atoms with E-state index in [1.165, 1.54) is 5.39 Å². The summed E-state index contributed by atoms with van der Waals surface area (Å²) in [5.74, 6) is 1.34. The van der Waals surface area contributed by atoms with Crippen LogP contribution < -0.4 is 5.32 Å². The van der Waals surface area contributed by atoms with Crippen LogP contribution in [0.5, 0.6) is 0 Å². The molecule has 0 aliphatic rings. The number of fused-ring (bicyclic) bond motifs is 1. The summed E-state index contributed by atoms with van der Waals surface area (Å²) in [5, 5.41) is 6.02. The van der Waals surface area contributed by atoms with Gasteiger partial charge in [-0.3, -0.25) is 0 Å². The molecule has 100 valence electrons. The van der Waals surface area contributed by atoms with Crippen molar-refractivity contribution >= 4 is 49.8 Å². The number of anilines is 2. The zero-order valence-corrected chi connectivity index (χ0v) is 13.0. The minimum absolute atomic E-state index is 0.435. The normalized spacial score (nSPS) is 10.8. The van der Waals surface area contributed by atoms with Crippen molar-refractivity contribution in [2.75, 3.05) is 5.32 Å². The zero-order chi connectivity index (χ0) is 14.1. The van der Waals surface area contributed by atoms with Gasteiger partial charge >= 0.3 is 0 Å². The maximum atomic E-state index is 5.93. The van der Waals surface area contributed by atoms with Gasteiger partial charge in [-0.25, -0.2) is 9.97 Å². The average Bonchev–Trinajstić information content (AvgIpc) is 2.38. The number of hydrogen-bond acceptors (Lipinski definition) is 3. The summed E-state index contributed by atoms with van der Waals surface area (Å²) in [4.78, 5) is 8.35. The molecule has 20 heavy (non-hydrogen) atoms. The minimum Gasteiger partial charge on any atom is -0.340 e. The van der Waals surface area contributed by atoms with E-state index < -0.39 is 0 Å². The molecule has 0 radical (unpaired) electrons. The van der Waals surface area contributed by atoms with Crippen LogP contribution in [0, 0.1) is 6.92 Å². The van der Waals surface area contributed by atoms with Crippen LogP contribution in [-0.2, 0) is 0 Å². The Morgan fingerprint density at radius 3 is 2.55 bits per heavy atom. The summed E-state index contributed by atoms with van der Waals surface area (Å²) >= 11 is 9.41. The highest BCUT2D eigenvalue weighted by molar-refractivity contribution is 9.10. The molecule has 1 heterocycles. The lowest BCUT2D eigenvalue weighted by molar-refractivity contribution is 1.06. The van der Waals surface area contributed by atoms with Gasteiger partial charge in [0.2, 0.25) is 0 Å². The van der Waals surface area contributed by atoms with Crippen molar-refractivity contribution < 1.29 is 0 Å². The first kappa shape index (κ1) is 13.3. The van der Waals surface area contributed by atoms with Gasteiger partial charge in [-0.1, -0.05) is 39.7 Å². The van der Waals surface area contributed by atoms with E-state index in [9.17, 15) is 0 Å². The van der Waals surface area contributed by atoms with Gasteiger partial charge in [-0.05, 0) is 42.0 Å². The molecule has 0 fully saturated rings. The van der Waals surface area contributed by atoms with Gasteiger partial charge in [0.1, 0.15) is 16.8 Å². The van der Waals surface area contributed by atoms with E-state index >= 15 is 0 Å². The van der Waals surface area contributed by atoms with Crippen molar-refractivity contribution in [2.45, 2.75) is 6.92 Å². The summed E-state index contributed by atoms with van der Waals surface area (Å²) in [6, 6.07) is 14.1. The third-order valence-corrected chi connectivity index (χ3v) is 3.57. The van der Waals surface area contributed by atoms with Crippen LogP contribution in [-0.4, -0.2) is 9.97 Å². The molecule has 0 saturated carbocycles. The Balaban J connectivity index is 1.96. The number of aryl methyl sites for hydroxylation is 1. The molecule has 3 nitrogen and oxygen atoms in total. The molecule has 3 rings (SSSR count). The largest absolute Gasteiger partial charge is 0.340 e. The zero-order valence-electron chi connectivity index (χ0n) is 10.7. The van der Waals surface area contributed by atoms with Crippen molar-refractivity contribution in [2.24, 2.45) is 0 Å². The topological polar surface area (TPSA) is 37.8 Å². The highest BCUT2D eigenvalue weighted by Crippen LogP contribution is 2.25. The second-order valence-electron chi connectivity index (χ2n) is 4.45. The van der Waals surface area contributed by atoms with Gasteiger partial charge in [0.15, 0.2) is 0 Å². The van der Waals surface area contributed by atoms with E-state index in [4.69, 9.17) is 11.6 Å². The molecular formula is C15H11BrClN3. The fraction of sp³-hybridized carbons (Fsp3) is 0.0667. The van der Waals surface area contributed by atoms with Gasteiger partial charge < -0.3 is 5.32 Å². The second-order valence-corrected chi connectivity index (χ2v) is 5.76. The summed E-state index contributed by atoms with van der Waals surface area (Å²) in [7, 11) is 0. The van der Waals surface area contributed by atoms with Crippen LogP contribution >= 0.6 is 27.5 Å². The minimum atomic E-state index is 0.435. The van der Waals surface area contributed by atoms with E-state index in [1.54, 1.807) is 6.07 Å². The SMILES string of the molecule is Cc1nc(Cl)cc(Nc2ccc3cc(Br)ccc3c2)n1. The predicted octanol–water partition coefficient (Wildman–Crippen LogP) is 5.10. The maximum Gasteiger partial charge on any atom is 0.135 e. The summed E-state index contributed by atoms with van der Waals surface area (Å²) in [6.07, 6.45) is 0. The van der Waals surface area contributed by atoms with Gasteiger partial charge in [-0.2, -0.15) is 0 Å². The monoisotopic (exact) mass is 347 g/mol. The Kier molecular flexibility index (Phi) is 3.59. The van der Waals surface area contributed by atoms with Gasteiger partial charge in [0.25, 0.3) is 0 Å². The molecule has 0 spiro atoms. The van der Waals surface area contributed by atoms with E-state index in [2.05, 4.69) is 55.5 Å². The lowest BCUT2D eigenvalue weighted by atomic mass is 10.1. The average molecular weight is 349 g/mol. The molecule has 2 aromatic carbocycles. The Labute approximate surface area is 130 Å². The van der Waals surface area contributed by atoms with Crippen LogP contribution in [0.3, 0.4) is 0 Å². The summed E-state index contributed by atoms with van der Waals surface area (Å²) in [5.41, 5.74) is 0.967. The maximum absolute atomic E-state index is 5.93. The molecule has 0 unspecified atom stereocenters. The number of nitrogens with one attached hydrogen (secondary N) is 1. The van der Waals surface area contributed by atoms with Gasteiger partial charge in [0, 0.05) is 16.2 Å². The molecular weight excluding hydrogens is 338 g/mol. The molecule has 0 bridgehead atoms. The van der Waals surface area contributed by atoms with E-state index in [1.807, 2.05) is 19.1 Å². The summed E-state index contributed by atoms with van der Waals surface area (Å²) < 4.78 is 1.07. The highest BCUT2D eigenvalue weighted by atomic mass is 79.9. The first-order valence-corrected chi connectivity index (χ1v) is 7.25. The number of hydrogen-bond donors (Lipinski definition) is 1. The number of benzene rings is 2. The van der Waals surface area contributed by atoms with Gasteiger partial charge in [-0.15, -0.1) is 0 Å². The van der Waals surface area contributed by atoms with Gasteiger partial charge in [0.05, 0.1) is 0 Å². The van der Waals surface area contributed by atoms with Crippen LogP contribution in [0.15, 0.2) is 46.9 Å². The van der Waals surface area contributed by atoms with Crippen molar-refractivity contribution in [3.8, 4) is 0 Å². The van der Waals surface area contributed by atoms with Crippen molar-refractivity contribution in [3.05, 3.63) is 57.9 Å². The molecule has 0 atom stereocenters. The predicted molar refractivity (Wildman–Crippen MR) is 86.7 cm³/mol. The standard InChI is InChI=1S/C15H11BrClN3/c1-9-18-14(17)8-15(19-9)20-13-5-3-10-6-12(16)4-2-11(10)7-13/h2-8H,1H3,(H,18,19,20). The van der Waals surface area contributed by atoms with Crippen molar-refractivity contribution in [1.29, 1.82) is 0 Å². The molecule has 0 saturated heterocycles. The second kappa shape index (κ2) is 5.38. The third-order valence-electron chi connectivity index (χ3n) is 2.88. The highest BCUT2D eigenvalue weighted by Gasteiger charge is 2.02. The van der Waals surface area contributed by atoms with Crippen LogP contribution in [0.2, 0.25) is 5.15 Å². The Bertz CT molecular complexity index is 769. The fourth-order valence-electron chi connectivity index (χ4n) is 2.04. The van der Waals surface area contributed by atoms with E-state index in [0.717, 1.165) is 15.5 Å². The molecule has 1 N–H and O–H groups in total. The third kappa shape index (κ3) is 2.92. The molecule has 5 heteroatoms. The van der Waals surface area contributed by atoms with Crippen LogP contribution in [0.25, 0.3) is 10.8 Å². The first-order valence-electron chi connectivity index (χ1n) is 6.08. The number of rotatable bonds is 2. The number of aromatic nitrogens is 2. The van der Waals surface area contributed by atoms with Crippen LogP contribution in [0.1, 0.15) is 5.82 Å². The molecule has 0 aliphatic heterocycles. The van der Waals surface area contributed by atoms with E-state index in [0.29, 0.717) is 16.8 Å². The number of nitrogens with zero attached hydrogens (tertiary/aromatic N) is 2. The van der Waals surface area contributed by atoms with Crippen molar-refractivity contribution in [3.63, 3.8) is 0 Å². The lowest BCUT2D eigenvalue weighted by Gasteiger charge is -2.08. The lowest BCUT2D eigenvalue weighted by Crippen LogP contribution is -1.97. The first-order chi connectivity index (χ1) is 9.60. The quantitative estimate of drug-likeness (QED) is 0.655. The fourth-order valence-corrected chi connectivity index (χ4v) is 2.64. The molecule has 1 aromatic heterocycles. The van der Waals surface area contributed by atoms with E-state index in [-0.39, 0.29) is 0 Å². The smallest absolute Gasteiger partial charge is 0.135 e. The molecule has 0 amide bonds. The van der Waals surface area contributed by atoms with Crippen molar-refractivity contribution in [1.82, 2.24) is 9.97 Å². The Hall–Kier alpha value is -1.65.